The molecule has 0 bridgehead atoms. The van der Waals surface area contributed by atoms with Gasteiger partial charge in [-0.3, -0.25) is 0 Å². The summed E-state index contributed by atoms with van der Waals surface area (Å²) in [6.45, 7) is 2.64. The molecule has 1 aromatic heterocycles. The molecule has 1 N–H and O–H groups in total. The Hall–Kier alpha value is -1.29. The molecule has 3 nitrogen and oxygen atoms in total. The van der Waals surface area contributed by atoms with Gasteiger partial charge in [-0.05, 0) is 43.5 Å². The number of hydrogen-bond donors (Lipinski definition) is 1. The number of nitrogens with one attached hydrogen (secondary N) is 1. The molecule has 21 heavy (non-hydrogen) atoms. The second-order valence-corrected chi connectivity index (χ2v) is 6.08. The van der Waals surface area contributed by atoms with Gasteiger partial charge in [-0.2, -0.15) is 0 Å². The van der Waals surface area contributed by atoms with E-state index in [1.54, 1.807) is 12.1 Å². The number of ether oxygens (including phenoxy) is 1. The highest BCUT2D eigenvalue weighted by molar-refractivity contribution is 6.32. The van der Waals surface area contributed by atoms with Gasteiger partial charge in [0.2, 0.25) is 5.88 Å². The first-order chi connectivity index (χ1) is 10.1. The van der Waals surface area contributed by atoms with Gasteiger partial charge in [-0.25, -0.2) is 4.98 Å². The van der Waals surface area contributed by atoms with Crippen molar-refractivity contribution in [3.63, 3.8) is 0 Å². The largest absolute Gasteiger partial charge is 0.437 e. The molecule has 1 aliphatic carbocycles. The maximum Gasteiger partial charge on any atom is 0.219 e. The first-order valence-corrected chi connectivity index (χ1v) is 7.70. The maximum atomic E-state index is 6.17. The normalized spacial score (nSPS) is 14.2. The minimum atomic E-state index is 0.498. The summed E-state index contributed by atoms with van der Waals surface area (Å²) >= 11 is 12.3. The van der Waals surface area contributed by atoms with Crippen molar-refractivity contribution in [2.75, 3.05) is 0 Å². The van der Waals surface area contributed by atoms with Crippen molar-refractivity contribution in [3.8, 4) is 11.6 Å². The maximum absolute atomic E-state index is 6.17. The fraction of sp³-hybridized carbons (Fsp3) is 0.312. The summed E-state index contributed by atoms with van der Waals surface area (Å²) in [7, 11) is 0. The van der Waals surface area contributed by atoms with Gasteiger partial charge in [0.25, 0.3) is 0 Å². The Kier molecular flexibility index (Phi) is 4.34. The standard InChI is InChI=1S/C16H16Cl2N2O/c1-10-2-6-15(13(18)8-10)21-16-7-5-12(17)14(20-16)9-19-11-3-4-11/h2,5-8,11,19H,3-4,9H2,1H3. The van der Waals surface area contributed by atoms with Crippen LogP contribution in [-0.2, 0) is 6.54 Å². The van der Waals surface area contributed by atoms with Crippen LogP contribution in [0, 0.1) is 6.92 Å². The van der Waals surface area contributed by atoms with Crippen LogP contribution in [-0.4, -0.2) is 11.0 Å². The third kappa shape index (κ3) is 3.88. The van der Waals surface area contributed by atoms with E-state index in [9.17, 15) is 0 Å². The molecular formula is C16H16Cl2N2O. The molecule has 110 valence electrons. The summed E-state index contributed by atoms with van der Waals surface area (Å²) in [5.74, 6) is 1.09. The van der Waals surface area contributed by atoms with Crippen LogP contribution < -0.4 is 10.1 Å². The van der Waals surface area contributed by atoms with Crippen LogP contribution in [0.15, 0.2) is 30.3 Å². The molecule has 1 heterocycles. The Morgan fingerprint density at radius 1 is 1.19 bits per heavy atom. The molecule has 0 aliphatic heterocycles. The average molecular weight is 323 g/mol. The zero-order valence-electron chi connectivity index (χ0n) is 11.7. The fourth-order valence-electron chi connectivity index (χ4n) is 1.97. The lowest BCUT2D eigenvalue weighted by Gasteiger charge is -2.10. The fourth-order valence-corrected chi connectivity index (χ4v) is 2.42. The predicted octanol–water partition coefficient (Wildman–Crippen LogP) is 4.74. The van der Waals surface area contributed by atoms with Gasteiger partial charge in [-0.15, -0.1) is 0 Å². The van der Waals surface area contributed by atoms with Crippen molar-refractivity contribution in [2.45, 2.75) is 32.4 Å². The number of halogens is 2. The van der Waals surface area contributed by atoms with Crippen LogP contribution in [0.25, 0.3) is 0 Å². The number of aryl methyl sites for hydroxylation is 1. The Bertz CT molecular complexity index is 657. The van der Waals surface area contributed by atoms with E-state index in [1.807, 2.05) is 25.1 Å². The highest BCUT2D eigenvalue weighted by Crippen LogP contribution is 2.30. The van der Waals surface area contributed by atoms with E-state index in [-0.39, 0.29) is 0 Å². The molecule has 0 saturated heterocycles. The summed E-state index contributed by atoms with van der Waals surface area (Å²) < 4.78 is 5.75. The molecule has 1 aromatic carbocycles. The van der Waals surface area contributed by atoms with Gasteiger partial charge < -0.3 is 10.1 Å². The number of aromatic nitrogens is 1. The highest BCUT2D eigenvalue weighted by atomic mass is 35.5. The summed E-state index contributed by atoms with van der Waals surface area (Å²) in [5.41, 5.74) is 1.88. The summed E-state index contributed by atoms with van der Waals surface area (Å²) in [6, 6.07) is 9.82. The molecule has 1 fully saturated rings. The minimum Gasteiger partial charge on any atom is -0.437 e. The first kappa shape index (κ1) is 14.6. The smallest absolute Gasteiger partial charge is 0.219 e. The molecule has 0 spiro atoms. The van der Waals surface area contributed by atoms with E-state index >= 15 is 0 Å². The van der Waals surface area contributed by atoms with Crippen molar-refractivity contribution >= 4 is 23.2 Å². The van der Waals surface area contributed by atoms with Gasteiger partial charge in [0, 0.05) is 18.7 Å². The third-order valence-electron chi connectivity index (χ3n) is 3.33. The van der Waals surface area contributed by atoms with Gasteiger partial charge >= 0.3 is 0 Å². The average Bonchev–Trinajstić information content (AvgIpc) is 3.26. The van der Waals surface area contributed by atoms with Crippen molar-refractivity contribution in [1.29, 1.82) is 0 Å². The van der Waals surface area contributed by atoms with E-state index in [0.717, 1.165) is 11.3 Å². The molecule has 2 aromatic rings. The van der Waals surface area contributed by atoms with Crippen LogP contribution in [0.5, 0.6) is 11.6 Å². The topological polar surface area (TPSA) is 34.1 Å². The van der Waals surface area contributed by atoms with Crippen LogP contribution in [0.1, 0.15) is 24.1 Å². The van der Waals surface area contributed by atoms with E-state index in [1.165, 1.54) is 12.8 Å². The molecular weight excluding hydrogens is 307 g/mol. The zero-order chi connectivity index (χ0) is 14.8. The molecule has 1 aliphatic rings. The van der Waals surface area contributed by atoms with E-state index in [2.05, 4.69) is 10.3 Å². The Balaban J connectivity index is 1.76. The van der Waals surface area contributed by atoms with Gasteiger partial charge in [0.05, 0.1) is 15.7 Å². The lowest BCUT2D eigenvalue weighted by molar-refractivity contribution is 0.459. The Morgan fingerprint density at radius 3 is 2.71 bits per heavy atom. The molecule has 3 rings (SSSR count). The monoisotopic (exact) mass is 322 g/mol. The van der Waals surface area contributed by atoms with Crippen LogP contribution in [0.4, 0.5) is 0 Å². The molecule has 0 atom stereocenters. The van der Waals surface area contributed by atoms with Crippen molar-refractivity contribution in [3.05, 3.63) is 51.6 Å². The summed E-state index contributed by atoms with van der Waals surface area (Å²) in [6.07, 6.45) is 2.46. The number of nitrogens with zero attached hydrogens (tertiary/aromatic N) is 1. The first-order valence-electron chi connectivity index (χ1n) is 6.94. The minimum absolute atomic E-state index is 0.498. The highest BCUT2D eigenvalue weighted by Gasteiger charge is 2.20. The van der Waals surface area contributed by atoms with Gasteiger partial charge in [0.1, 0.15) is 5.75 Å². The zero-order valence-corrected chi connectivity index (χ0v) is 13.2. The predicted molar refractivity (Wildman–Crippen MR) is 85.4 cm³/mol. The Labute approximate surface area is 134 Å². The number of benzene rings is 1. The third-order valence-corrected chi connectivity index (χ3v) is 3.97. The molecule has 0 radical (unpaired) electrons. The lowest BCUT2D eigenvalue weighted by atomic mass is 10.2. The van der Waals surface area contributed by atoms with Crippen molar-refractivity contribution in [2.24, 2.45) is 0 Å². The Morgan fingerprint density at radius 2 is 2.00 bits per heavy atom. The van der Waals surface area contributed by atoms with Crippen LogP contribution in [0.3, 0.4) is 0 Å². The SMILES string of the molecule is Cc1ccc(Oc2ccc(Cl)c(CNC3CC3)n2)c(Cl)c1. The molecule has 0 unspecified atom stereocenters. The van der Waals surface area contributed by atoms with Crippen molar-refractivity contribution in [1.82, 2.24) is 10.3 Å². The van der Waals surface area contributed by atoms with Crippen molar-refractivity contribution < 1.29 is 4.74 Å². The number of rotatable bonds is 5. The van der Waals surface area contributed by atoms with E-state index in [0.29, 0.717) is 34.3 Å². The van der Waals surface area contributed by atoms with E-state index in [4.69, 9.17) is 27.9 Å². The second kappa shape index (κ2) is 6.22. The number of pyridine rings is 1. The van der Waals surface area contributed by atoms with Gasteiger partial charge in [0.15, 0.2) is 0 Å². The number of hydrogen-bond acceptors (Lipinski definition) is 3. The molecule has 5 heteroatoms. The summed E-state index contributed by atoms with van der Waals surface area (Å²) in [5, 5.41) is 4.61. The van der Waals surface area contributed by atoms with E-state index < -0.39 is 0 Å². The molecule has 0 amide bonds. The lowest BCUT2D eigenvalue weighted by Crippen LogP contribution is -2.16. The van der Waals surface area contributed by atoms with Gasteiger partial charge in [-0.1, -0.05) is 29.3 Å². The molecule has 1 saturated carbocycles. The van der Waals surface area contributed by atoms with Crippen LogP contribution >= 0.6 is 23.2 Å². The summed E-state index contributed by atoms with van der Waals surface area (Å²) in [4.78, 5) is 4.46. The second-order valence-electron chi connectivity index (χ2n) is 5.27. The van der Waals surface area contributed by atoms with Crippen LogP contribution in [0.2, 0.25) is 10.0 Å². The quantitative estimate of drug-likeness (QED) is 0.863.